The highest BCUT2D eigenvalue weighted by Gasteiger charge is 2.25. The zero-order valence-electron chi connectivity index (χ0n) is 11.4. The summed E-state index contributed by atoms with van der Waals surface area (Å²) in [5.74, 6) is -0.852. The summed E-state index contributed by atoms with van der Waals surface area (Å²) < 4.78 is 13.6. The van der Waals surface area contributed by atoms with Crippen molar-refractivity contribution in [1.29, 1.82) is 0 Å². The standard InChI is InChI=1S/C15H21FN2O2/c16-12-6-3-7-13(19)14(12)15(20)18-9-11-5-2-1-4-10(11)8-17/h3,6-7,10-11,19H,1-2,4-5,8-9,17H2,(H,18,20). The van der Waals surface area contributed by atoms with Crippen molar-refractivity contribution in [2.75, 3.05) is 13.1 Å². The molecule has 4 N–H and O–H groups in total. The summed E-state index contributed by atoms with van der Waals surface area (Å²) in [6, 6.07) is 3.84. The highest BCUT2D eigenvalue weighted by atomic mass is 19.1. The van der Waals surface area contributed by atoms with E-state index in [9.17, 15) is 14.3 Å². The zero-order valence-corrected chi connectivity index (χ0v) is 11.4. The van der Waals surface area contributed by atoms with Crippen LogP contribution in [-0.2, 0) is 0 Å². The highest BCUT2D eigenvalue weighted by molar-refractivity contribution is 5.97. The Labute approximate surface area is 118 Å². The summed E-state index contributed by atoms with van der Waals surface area (Å²) in [6.07, 6.45) is 4.44. The van der Waals surface area contributed by atoms with Gasteiger partial charge in [-0.05, 0) is 43.4 Å². The van der Waals surface area contributed by atoms with Gasteiger partial charge in [-0.3, -0.25) is 4.79 Å². The van der Waals surface area contributed by atoms with Crippen LogP contribution in [0.5, 0.6) is 5.75 Å². The summed E-state index contributed by atoms with van der Waals surface area (Å²) in [6.45, 7) is 1.10. The van der Waals surface area contributed by atoms with Gasteiger partial charge in [0.1, 0.15) is 17.1 Å². The zero-order chi connectivity index (χ0) is 14.5. The Hall–Kier alpha value is -1.62. The second-order valence-corrected chi connectivity index (χ2v) is 5.38. The van der Waals surface area contributed by atoms with Gasteiger partial charge in [-0.2, -0.15) is 0 Å². The summed E-state index contributed by atoms with van der Waals surface area (Å²) in [5.41, 5.74) is 5.46. The molecule has 0 aromatic heterocycles. The maximum Gasteiger partial charge on any atom is 0.258 e. The summed E-state index contributed by atoms with van der Waals surface area (Å²) >= 11 is 0. The third-order valence-electron chi connectivity index (χ3n) is 4.11. The highest BCUT2D eigenvalue weighted by Crippen LogP contribution is 2.29. The van der Waals surface area contributed by atoms with Crippen LogP contribution in [0.3, 0.4) is 0 Å². The van der Waals surface area contributed by atoms with E-state index < -0.39 is 11.7 Å². The molecule has 0 heterocycles. The number of nitrogens with one attached hydrogen (secondary N) is 1. The van der Waals surface area contributed by atoms with Crippen LogP contribution in [0, 0.1) is 17.7 Å². The van der Waals surface area contributed by atoms with E-state index in [1.54, 1.807) is 0 Å². The van der Waals surface area contributed by atoms with Crippen molar-refractivity contribution in [1.82, 2.24) is 5.32 Å². The first kappa shape index (κ1) is 14.8. The molecular formula is C15H21FN2O2. The molecule has 2 atom stereocenters. The van der Waals surface area contributed by atoms with Gasteiger partial charge < -0.3 is 16.2 Å². The predicted molar refractivity (Wildman–Crippen MR) is 74.9 cm³/mol. The Morgan fingerprint density at radius 1 is 1.35 bits per heavy atom. The van der Waals surface area contributed by atoms with Crippen LogP contribution in [0.15, 0.2) is 18.2 Å². The van der Waals surface area contributed by atoms with E-state index in [0.29, 0.717) is 24.9 Å². The number of phenols is 1. The molecule has 0 radical (unpaired) electrons. The topological polar surface area (TPSA) is 75.3 Å². The summed E-state index contributed by atoms with van der Waals surface area (Å²) in [7, 11) is 0. The molecule has 5 heteroatoms. The molecule has 1 saturated carbocycles. The van der Waals surface area contributed by atoms with E-state index in [1.165, 1.54) is 18.6 Å². The third-order valence-corrected chi connectivity index (χ3v) is 4.11. The monoisotopic (exact) mass is 280 g/mol. The van der Waals surface area contributed by atoms with Crippen LogP contribution >= 0.6 is 0 Å². The minimum atomic E-state index is -0.707. The minimum absolute atomic E-state index is 0.285. The van der Waals surface area contributed by atoms with Gasteiger partial charge in [0.25, 0.3) is 5.91 Å². The number of hydrogen-bond acceptors (Lipinski definition) is 3. The number of nitrogens with two attached hydrogens (primary N) is 1. The number of rotatable bonds is 4. The number of phenolic OH excluding ortho intramolecular Hbond substituents is 1. The quantitative estimate of drug-likeness (QED) is 0.790. The molecule has 1 fully saturated rings. The van der Waals surface area contributed by atoms with Gasteiger partial charge >= 0.3 is 0 Å². The molecule has 0 aliphatic heterocycles. The van der Waals surface area contributed by atoms with Gasteiger partial charge in [0, 0.05) is 6.54 Å². The van der Waals surface area contributed by atoms with E-state index >= 15 is 0 Å². The number of hydrogen-bond donors (Lipinski definition) is 3. The Balaban J connectivity index is 1.98. The lowest BCUT2D eigenvalue weighted by molar-refractivity contribution is 0.0928. The molecule has 1 aromatic rings. The molecule has 20 heavy (non-hydrogen) atoms. The molecule has 1 aliphatic rings. The lowest BCUT2D eigenvalue weighted by Gasteiger charge is -2.30. The number of benzene rings is 1. The maximum absolute atomic E-state index is 13.6. The average molecular weight is 280 g/mol. The summed E-state index contributed by atoms with van der Waals surface area (Å²) in [5, 5.41) is 12.3. The van der Waals surface area contributed by atoms with E-state index in [1.807, 2.05) is 0 Å². The Kier molecular flexibility index (Phi) is 4.95. The van der Waals surface area contributed by atoms with E-state index in [-0.39, 0.29) is 11.3 Å². The summed E-state index contributed by atoms with van der Waals surface area (Å²) in [4.78, 5) is 12.0. The van der Waals surface area contributed by atoms with Gasteiger partial charge in [0.05, 0.1) is 0 Å². The normalized spacial score (nSPS) is 22.5. The van der Waals surface area contributed by atoms with Crippen molar-refractivity contribution in [3.05, 3.63) is 29.6 Å². The van der Waals surface area contributed by atoms with Crippen molar-refractivity contribution < 1.29 is 14.3 Å². The third kappa shape index (κ3) is 3.28. The van der Waals surface area contributed by atoms with Crippen LogP contribution in [0.1, 0.15) is 36.0 Å². The van der Waals surface area contributed by atoms with Crippen LogP contribution in [0.4, 0.5) is 4.39 Å². The Morgan fingerprint density at radius 3 is 2.70 bits per heavy atom. The van der Waals surface area contributed by atoms with Crippen molar-refractivity contribution in [3.63, 3.8) is 0 Å². The maximum atomic E-state index is 13.6. The van der Waals surface area contributed by atoms with Gasteiger partial charge in [0.2, 0.25) is 0 Å². The Bertz CT molecular complexity index is 459. The largest absolute Gasteiger partial charge is 0.507 e. The van der Waals surface area contributed by atoms with E-state index in [0.717, 1.165) is 25.3 Å². The number of carbonyl (C=O) groups is 1. The molecule has 110 valence electrons. The lowest BCUT2D eigenvalue weighted by atomic mass is 9.79. The molecule has 0 bridgehead atoms. The first-order chi connectivity index (χ1) is 9.63. The minimum Gasteiger partial charge on any atom is -0.507 e. The number of carbonyl (C=O) groups excluding carboxylic acids is 1. The smallest absolute Gasteiger partial charge is 0.258 e. The number of halogens is 1. The van der Waals surface area contributed by atoms with Crippen molar-refractivity contribution in [2.24, 2.45) is 17.6 Å². The number of amides is 1. The van der Waals surface area contributed by atoms with Crippen LogP contribution < -0.4 is 11.1 Å². The second kappa shape index (κ2) is 6.70. The molecule has 4 nitrogen and oxygen atoms in total. The first-order valence-electron chi connectivity index (χ1n) is 7.09. The fourth-order valence-corrected chi connectivity index (χ4v) is 2.91. The van der Waals surface area contributed by atoms with Crippen molar-refractivity contribution >= 4 is 5.91 Å². The molecule has 1 aliphatic carbocycles. The molecule has 1 aromatic carbocycles. The van der Waals surface area contributed by atoms with Gasteiger partial charge in [-0.15, -0.1) is 0 Å². The van der Waals surface area contributed by atoms with Gasteiger partial charge in [-0.1, -0.05) is 18.9 Å². The van der Waals surface area contributed by atoms with Gasteiger partial charge in [-0.25, -0.2) is 4.39 Å². The second-order valence-electron chi connectivity index (χ2n) is 5.38. The first-order valence-corrected chi connectivity index (χ1v) is 7.09. The molecule has 2 rings (SSSR count). The fraction of sp³-hybridized carbons (Fsp3) is 0.533. The fourth-order valence-electron chi connectivity index (χ4n) is 2.91. The molecule has 0 spiro atoms. The van der Waals surface area contributed by atoms with Crippen molar-refractivity contribution in [3.8, 4) is 5.75 Å². The molecule has 2 unspecified atom stereocenters. The Morgan fingerprint density at radius 2 is 2.05 bits per heavy atom. The van der Waals surface area contributed by atoms with Crippen LogP contribution in [0.2, 0.25) is 0 Å². The number of aromatic hydroxyl groups is 1. The molecule has 1 amide bonds. The van der Waals surface area contributed by atoms with Crippen LogP contribution in [0.25, 0.3) is 0 Å². The average Bonchev–Trinajstić information content (AvgIpc) is 2.45. The SMILES string of the molecule is NCC1CCCCC1CNC(=O)c1c(O)cccc1F. The lowest BCUT2D eigenvalue weighted by Crippen LogP contribution is -2.37. The molecular weight excluding hydrogens is 259 g/mol. The van der Waals surface area contributed by atoms with Gasteiger partial charge in [0.15, 0.2) is 0 Å². The van der Waals surface area contributed by atoms with Crippen LogP contribution in [-0.4, -0.2) is 24.1 Å². The van der Waals surface area contributed by atoms with E-state index in [2.05, 4.69) is 5.32 Å². The van der Waals surface area contributed by atoms with Crippen molar-refractivity contribution in [2.45, 2.75) is 25.7 Å². The predicted octanol–water partition coefficient (Wildman–Crippen LogP) is 2.03. The molecule has 0 saturated heterocycles. The van der Waals surface area contributed by atoms with E-state index in [4.69, 9.17) is 5.73 Å².